The summed E-state index contributed by atoms with van der Waals surface area (Å²) < 4.78 is 24.9. The molecule has 0 spiro atoms. The molecular weight excluding hydrogens is 389 g/mol. The smallest absolute Gasteiger partial charge is 0.410 e. The molecule has 1 aromatic carbocycles. The summed E-state index contributed by atoms with van der Waals surface area (Å²) >= 11 is 3.38. The molecule has 6 heteroatoms. The fourth-order valence-electron chi connectivity index (χ4n) is 2.88. The van der Waals surface area contributed by atoms with Crippen LogP contribution in [0.25, 0.3) is 0 Å². The van der Waals surface area contributed by atoms with E-state index in [9.17, 15) is 9.18 Å². The van der Waals surface area contributed by atoms with Gasteiger partial charge in [0.25, 0.3) is 0 Å². The monoisotopic (exact) mass is 415 g/mol. The van der Waals surface area contributed by atoms with Gasteiger partial charge < -0.3 is 14.4 Å². The van der Waals surface area contributed by atoms with Crippen molar-refractivity contribution in [3.05, 3.63) is 35.6 Å². The number of carbonyl (C=O) groups excluding carboxylic acids is 1. The maximum absolute atomic E-state index is 13.7. The Hall–Kier alpha value is -1.14. The van der Waals surface area contributed by atoms with Gasteiger partial charge in [0.15, 0.2) is 0 Å². The zero-order chi connectivity index (χ0) is 18.4. The lowest BCUT2D eigenvalue weighted by molar-refractivity contribution is 0.0134. The van der Waals surface area contributed by atoms with Crippen molar-refractivity contribution < 1.29 is 18.7 Å². The van der Waals surface area contributed by atoms with E-state index >= 15 is 0 Å². The highest BCUT2D eigenvalue weighted by molar-refractivity contribution is 9.09. The highest BCUT2D eigenvalue weighted by Gasteiger charge is 2.27. The number of rotatable bonds is 5. The number of ether oxygens (including phenoxy) is 2. The van der Waals surface area contributed by atoms with Crippen LogP contribution in [0.5, 0.6) is 0 Å². The SMILES string of the molecule is CC(C)(C)OC(=O)N1CCCC(CCOC(Br)c2ccccc2F)C1. The van der Waals surface area contributed by atoms with E-state index in [-0.39, 0.29) is 11.9 Å². The summed E-state index contributed by atoms with van der Waals surface area (Å²) in [5, 5.41) is -0.459. The average Bonchev–Trinajstić information content (AvgIpc) is 2.54. The van der Waals surface area contributed by atoms with Gasteiger partial charge in [-0.1, -0.05) is 34.1 Å². The molecule has 0 N–H and O–H groups in total. The summed E-state index contributed by atoms with van der Waals surface area (Å²) in [5.74, 6) is 0.0970. The number of alkyl halides is 1. The second-order valence-electron chi connectivity index (χ2n) is 7.43. The zero-order valence-electron chi connectivity index (χ0n) is 15.1. The van der Waals surface area contributed by atoms with Gasteiger partial charge in [0.1, 0.15) is 16.4 Å². The number of halogens is 2. The van der Waals surface area contributed by atoms with Gasteiger partial charge in [0.05, 0.1) is 0 Å². The van der Waals surface area contributed by atoms with Crippen LogP contribution < -0.4 is 0 Å². The van der Waals surface area contributed by atoms with Crippen LogP contribution in [0.2, 0.25) is 0 Å². The lowest BCUT2D eigenvalue weighted by Crippen LogP contribution is -2.43. The molecule has 25 heavy (non-hydrogen) atoms. The predicted molar refractivity (Wildman–Crippen MR) is 99.2 cm³/mol. The van der Waals surface area contributed by atoms with Gasteiger partial charge >= 0.3 is 6.09 Å². The number of nitrogens with zero attached hydrogens (tertiary/aromatic N) is 1. The molecule has 2 atom stereocenters. The minimum absolute atomic E-state index is 0.247. The van der Waals surface area contributed by atoms with Crippen molar-refractivity contribution in [3.63, 3.8) is 0 Å². The van der Waals surface area contributed by atoms with E-state index in [0.717, 1.165) is 25.8 Å². The minimum atomic E-state index is -0.476. The summed E-state index contributed by atoms with van der Waals surface area (Å²) in [7, 11) is 0. The standard InChI is InChI=1S/C19H27BrFNO3/c1-19(2,3)25-18(23)22-11-6-7-14(13-22)10-12-24-17(20)15-8-4-5-9-16(15)21/h4-5,8-9,14,17H,6-7,10-13H2,1-3H3. The number of likely N-dealkylation sites (tertiary alicyclic amines) is 1. The number of hydrogen-bond donors (Lipinski definition) is 0. The number of hydrogen-bond acceptors (Lipinski definition) is 3. The molecule has 2 rings (SSSR count). The zero-order valence-corrected chi connectivity index (χ0v) is 16.7. The molecule has 1 aliphatic rings. The van der Waals surface area contributed by atoms with Crippen LogP contribution in [0.4, 0.5) is 9.18 Å². The third kappa shape index (κ3) is 6.59. The van der Waals surface area contributed by atoms with Crippen LogP contribution in [0.3, 0.4) is 0 Å². The van der Waals surface area contributed by atoms with Crippen LogP contribution in [0.15, 0.2) is 24.3 Å². The first-order chi connectivity index (χ1) is 11.8. The van der Waals surface area contributed by atoms with Crippen molar-refractivity contribution in [3.8, 4) is 0 Å². The molecule has 0 radical (unpaired) electrons. The number of carbonyl (C=O) groups is 1. The number of piperidine rings is 1. The Balaban J connectivity index is 1.77. The highest BCUT2D eigenvalue weighted by Crippen LogP contribution is 2.28. The fourth-order valence-corrected chi connectivity index (χ4v) is 3.44. The molecule has 0 bridgehead atoms. The molecule has 1 aromatic rings. The van der Waals surface area contributed by atoms with Gasteiger partial charge in [0, 0.05) is 25.3 Å². The number of benzene rings is 1. The van der Waals surface area contributed by atoms with Crippen LogP contribution in [-0.2, 0) is 9.47 Å². The Morgan fingerprint density at radius 2 is 2.12 bits per heavy atom. The lowest BCUT2D eigenvalue weighted by atomic mass is 9.95. The molecule has 1 heterocycles. The van der Waals surface area contributed by atoms with Crippen LogP contribution in [-0.4, -0.2) is 36.3 Å². The Kier molecular flexibility index (Phi) is 7.25. The highest BCUT2D eigenvalue weighted by atomic mass is 79.9. The topological polar surface area (TPSA) is 38.8 Å². The van der Waals surface area contributed by atoms with E-state index in [1.807, 2.05) is 20.8 Å². The molecule has 0 aliphatic carbocycles. The molecule has 0 saturated carbocycles. The van der Waals surface area contributed by atoms with Gasteiger partial charge in [-0.15, -0.1) is 0 Å². The average molecular weight is 416 g/mol. The van der Waals surface area contributed by atoms with Crippen molar-refractivity contribution in [2.75, 3.05) is 19.7 Å². The summed E-state index contributed by atoms with van der Waals surface area (Å²) in [5.41, 5.74) is 0.0253. The van der Waals surface area contributed by atoms with Gasteiger partial charge in [0.2, 0.25) is 0 Å². The lowest BCUT2D eigenvalue weighted by Gasteiger charge is -2.34. The first-order valence-electron chi connectivity index (χ1n) is 8.74. The maximum Gasteiger partial charge on any atom is 0.410 e. The molecule has 1 fully saturated rings. The van der Waals surface area contributed by atoms with E-state index in [4.69, 9.17) is 9.47 Å². The Morgan fingerprint density at radius 1 is 1.40 bits per heavy atom. The molecule has 2 unspecified atom stereocenters. The second kappa shape index (κ2) is 8.99. The van der Waals surface area contributed by atoms with Crippen LogP contribution in [0, 0.1) is 11.7 Å². The second-order valence-corrected chi connectivity index (χ2v) is 8.26. The summed E-state index contributed by atoms with van der Waals surface area (Å²) in [6.45, 7) is 7.56. The molecule has 4 nitrogen and oxygen atoms in total. The first-order valence-corrected chi connectivity index (χ1v) is 9.66. The Labute approximate surface area is 157 Å². The Bertz CT molecular complexity index is 576. The van der Waals surface area contributed by atoms with E-state index < -0.39 is 10.6 Å². The van der Waals surface area contributed by atoms with Crippen molar-refractivity contribution in [2.45, 2.75) is 50.6 Å². The molecule has 140 valence electrons. The van der Waals surface area contributed by atoms with Gasteiger partial charge in [-0.25, -0.2) is 9.18 Å². The predicted octanol–water partition coefficient (Wildman–Crippen LogP) is 5.27. The van der Waals surface area contributed by atoms with Gasteiger partial charge in [-0.05, 0) is 52.0 Å². The third-order valence-corrected chi connectivity index (χ3v) is 4.87. The van der Waals surface area contributed by atoms with E-state index in [1.54, 1.807) is 23.1 Å². The first kappa shape index (κ1) is 20.2. The van der Waals surface area contributed by atoms with Crippen LogP contribution >= 0.6 is 15.9 Å². The van der Waals surface area contributed by atoms with Crippen molar-refractivity contribution in [2.24, 2.45) is 5.92 Å². The number of amides is 1. The van der Waals surface area contributed by atoms with Crippen molar-refractivity contribution in [1.82, 2.24) is 4.90 Å². The summed E-state index contributed by atoms with van der Waals surface area (Å²) in [6.07, 6.45) is 2.61. The van der Waals surface area contributed by atoms with Gasteiger partial charge in [-0.2, -0.15) is 0 Å². The Morgan fingerprint density at radius 3 is 2.80 bits per heavy atom. The molecule has 0 aromatic heterocycles. The molecule has 1 saturated heterocycles. The maximum atomic E-state index is 13.7. The fraction of sp³-hybridized carbons (Fsp3) is 0.632. The largest absolute Gasteiger partial charge is 0.444 e. The molecule has 1 amide bonds. The van der Waals surface area contributed by atoms with Crippen molar-refractivity contribution >= 4 is 22.0 Å². The third-order valence-electron chi connectivity index (χ3n) is 4.11. The summed E-state index contributed by atoms with van der Waals surface area (Å²) in [6, 6.07) is 6.58. The van der Waals surface area contributed by atoms with Crippen molar-refractivity contribution in [1.29, 1.82) is 0 Å². The summed E-state index contributed by atoms with van der Waals surface area (Å²) in [4.78, 5) is 14.0. The normalized spacial score (nSPS) is 19.6. The van der Waals surface area contributed by atoms with E-state index in [1.165, 1.54) is 6.07 Å². The quantitative estimate of drug-likeness (QED) is 0.614. The van der Waals surface area contributed by atoms with E-state index in [2.05, 4.69) is 15.9 Å². The van der Waals surface area contributed by atoms with Crippen LogP contribution in [0.1, 0.15) is 50.6 Å². The molecular formula is C19H27BrFNO3. The van der Waals surface area contributed by atoms with Gasteiger partial charge in [-0.3, -0.25) is 0 Å². The molecule has 1 aliphatic heterocycles. The van der Waals surface area contributed by atoms with E-state index in [0.29, 0.717) is 24.6 Å². The minimum Gasteiger partial charge on any atom is -0.444 e.